The number of halogens is 1. The number of hydrogen-bond donors (Lipinski definition) is 2. The summed E-state index contributed by atoms with van der Waals surface area (Å²) < 4.78 is 13.5. The zero-order chi connectivity index (χ0) is 14.4. The first-order chi connectivity index (χ1) is 8.99. The molecule has 0 aliphatic heterocycles. The van der Waals surface area contributed by atoms with E-state index in [9.17, 15) is 9.18 Å². The van der Waals surface area contributed by atoms with Crippen molar-refractivity contribution in [3.8, 4) is 0 Å². The van der Waals surface area contributed by atoms with E-state index in [2.05, 4.69) is 5.32 Å². The molecule has 2 atom stereocenters. The van der Waals surface area contributed by atoms with Gasteiger partial charge in [-0.15, -0.1) is 0 Å². The largest absolute Gasteiger partial charge is 0.396 e. The summed E-state index contributed by atoms with van der Waals surface area (Å²) in [4.78, 5) is 12.0. The number of thioether (sulfide) groups is 1. The number of rotatable bonds is 6. The van der Waals surface area contributed by atoms with E-state index in [1.54, 1.807) is 6.07 Å². The average molecular weight is 285 g/mol. The molecular weight excluding hydrogens is 265 g/mol. The standard InChI is InChI=1S/C14H20FNO2S/c1-9(7-17)10(2)16-14(18)11-4-5-13(15)12(6-11)8-19-3/h4-6,9-10,17H,7-8H2,1-3H3,(H,16,18). The molecule has 0 aliphatic rings. The van der Waals surface area contributed by atoms with E-state index < -0.39 is 0 Å². The van der Waals surface area contributed by atoms with Crippen LogP contribution >= 0.6 is 11.8 Å². The van der Waals surface area contributed by atoms with Gasteiger partial charge in [0.2, 0.25) is 0 Å². The minimum atomic E-state index is -0.289. The van der Waals surface area contributed by atoms with Crippen molar-refractivity contribution in [2.45, 2.75) is 25.6 Å². The second-order valence-electron chi connectivity index (χ2n) is 4.66. The van der Waals surface area contributed by atoms with Gasteiger partial charge in [0.05, 0.1) is 0 Å². The lowest BCUT2D eigenvalue weighted by Crippen LogP contribution is -2.38. The maximum atomic E-state index is 13.5. The minimum absolute atomic E-state index is 0.0165. The number of amides is 1. The van der Waals surface area contributed by atoms with E-state index in [0.29, 0.717) is 16.9 Å². The Morgan fingerprint density at radius 2 is 2.16 bits per heavy atom. The zero-order valence-electron chi connectivity index (χ0n) is 11.4. The van der Waals surface area contributed by atoms with E-state index >= 15 is 0 Å². The third-order valence-electron chi connectivity index (χ3n) is 3.11. The number of hydrogen-bond acceptors (Lipinski definition) is 3. The fraction of sp³-hybridized carbons (Fsp3) is 0.500. The van der Waals surface area contributed by atoms with Crippen LogP contribution in [-0.4, -0.2) is 29.9 Å². The molecule has 0 saturated carbocycles. The number of nitrogens with one attached hydrogen (secondary N) is 1. The Bertz CT molecular complexity index is 439. The molecule has 1 rings (SSSR count). The van der Waals surface area contributed by atoms with Crippen molar-refractivity contribution in [2.24, 2.45) is 5.92 Å². The van der Waals surface area contributed by atoms with Gasteiger partial charge in [0.1, 0.15) is 5.82 Å². The van der Waals surface area contributed by atoms with Crippen LogP contribution in [0.1, 0.15) is 29.8 Å². The van der Waals surface area contributed by atoms with Gasteiger partial charge in [-0.1, -0.05) is 6.92 Å². The molecule has 106 valence electrons. The molecule has 0 heterocycles. The fourth-order valence-corrected chi connectivity index (χ4v) is 2.10. The van der Waals surface area contributed by atoms with E-state index in [1.807, 2.05) is 20.1 Å². The van der Waals surface area contributed by atoms with Gasteiger partial charge in [-0.05, 0) is 42.9 Å². The first kappa shape index (κ1) is 16.0. The van der Waals surface area contributed by atoms with Crippen molar-refractivity contribution in [3.05, 3.63) is 35.1 Å². The summed E-state index contributed by atoms with van der Waals surface area (Å²) in [5.74, 6) is -0.0110. The summed E-state index contributed by atoms with van der Waals surface area (Å²) in [7, 11) is 0. The zero-order valence-corrected chi connectivity index (χ0v) is 12.3. The van der Waals surface area contributed by atoms with Crippen LogP contribution in [0.5, 0.6) is 0 Å². The van der Waals surface area contributed by atoms with Crippen molar-refractivity contribution in [3.63, 3.8) is 0 Å². The molecular formula is C14H20FNO2S. The Kier molecular flexibility index (Phi) is 6.31. The second-order valence-corrected chi connectivity index (χ2v) is 5.53. The molecule has 0 bridgehead atoms. The number of carbonyl (C=O) groups excluding carboxylic acids is 1. The van der Waals surface area contributed by atoms with Crippen LogP contribution in [-0.2, 0) is 5.75 Å². The van der Waals surface area contributed by atoms with Crippen molar-refractivity contribution < 1.29 is 14.3 Å². The Hall–Kier alpha value is -1.07. The molecule has 0 saturated heterocycles. The van der Waals surface area contributed by atoms with E-state index in [0.717, 1.165) is 0 Å². The average Bonchev–Trinajstić information content (AvgIpc) is 2.40. The summed E-state index contributed by atoms with van der Waals surface area (Å²) in [6.07, 6.45) is 1.89. The van der Waals surface area contributed by atoms with Gasteiger partial charge in [0.15, 0.2) is 0 Å². The van der Waals surface area contributed by atoms with Crippen LogP contribution in [0.15, 0.2) is 18.2 Å². The summed E-state index contributed by atoms with van der Waals surface area (Å²) in [6.45, 7) is 3.71. The van der Waals surface area contributed by atoms with Crippen LogP contribution in [0, 0.1) is 11.7 Å². The van der Waals surface area contributed by atoms with Gasteiger partial charge in [0, 0.05) is 24.0 Å². The summed E-state index contributed by atoms with van der Waals surface area (Å²) in [5.41, 5.74) is 0.977. The summed E-state index contributed by atoms with van der Waals surface area (Å²) in [6, 6.07) is 4.25. The van der Waals surface area contributed by atoms with Gasteiger partial charge in [-0.3, -0.25) is 4.79 Å². The SMILES string of the molecule is CSCc1cc(C(=O)NC(C)C(C)CO)ccc1F. The quantitative estimate of drug-likeness (QED) is 0.844. The van der Waals surface area contributed by atoms with Crippen LogP contribution in [0.2, 0.25) is 0 Å². The minimum Gasteiger partial charge on any atom is -0.396 e. The number of aliphatic hydroxyl groups is 1. The molecule has 0 aliphatic carbocycles. The van der Waals surface area contributed by atoms with Crippen LogP contribution in [0.25, 0.3) is 0 Å². The molecule has 2 N–H and O–H groups in total. The fourth-order valence-electron chi connectivity index (χ4n) is 1.57. The van der Waals surface area contributed by atoms with Crippen LogP contribution in [0.3, 0.4) is 0 Å². The highest BCUT2D eigenvalue weighted by atomic mass is 32.2. The Balaban J connectivity index is 2.79. The molecule has 1 amide bonds. The maximum absolute atomic E-state index is 13.5. The Morgan fingerprint density at radius 1 is 1.47 bits per heavy atom. The highest BCUT2D eigenvalue weighted by Gasteiger charge is 2.16. The lowest BCUT2D eigenvalue weighted by Gasteiger charge is -2.19. The molecule has 0 spiro atoms. The van der Waals surface area contributed by atoms with Gasteiger partial charge in [0.25, 0.3) is 5.91 Å². The van der Waals surface area contributed by atoms with Crippen LogP contribution in [0.4, 0.5) is 4.39 Å². The van der Waals surface area contributed by atoms with Crippen molar-refractivity contribution in [1.82, 2.24) is 5.32 Å². The molecule has 19 heavy (non-hydrogen) atoms. The number of carbonyl (C=O) groups is 1. The lowest BCUT2D eigenvalue weighted by atomic mass is 10.0. The van der Waals surface area contributed by atoms with Gasteiger partial charge in [-0.2, -0.15) is 11.8 Å². The summed E-state index contributed by atoms with van der Waals surface area (Å²) >= 11 is 1.51. The highest BCUT2D eigenvalue weighted by Crippen LogP contribution is 2.16. The van der Waals surface area contributed by atoms with Crippen molar-refractivity contribution >= 4 is 17.7 Å². The predicted octanol–water partition coefficient (Wildman–Crippen LogP) is 2.44. The van der Waals surface area contributed by atoms with E-state index in [1.165, 1.54) is 23.9 Å². The second kappa shape index (κ2) is 7.50. The normalized spacial score (nSPS) is 13.9. The molecule has 1 aromatic carbocycles. The van der Waals surface area contributed by atoms with Gasteiger partial charge in [-0.25, -0.2) is 4.39 Å². The van der Waals surface area contributed by atoms with Crippen LogP contribution < -0.4 is 5.32 Å². The third kappa shape index (κ3) is 4.51. The Morgan fingerprint density at radius 3 is 2.74 bits per heavy atom. The molecule has 0 aromatic heterocycles. The van der Waals surface area contributed by atoms with E-state index in [-0.39, 0.29) is 30.3 Å². The first-order valence-electron chi connectivity index (χ1n) is 6.18. The first-order valence-corrected chi connectivity index (χ1v) is 7.58. The molecule has 3 nitrogen and oxygen atoms in total. The molecule has 5 heteroatoms. The third-order valence-corrected chi connectivity index (χ3v) is 3.71. The highest BCUT2D eigenvalue weighted by molar-refractivity contribution is 7.97. The van der Waals surface area contributed by atoms with Crippen molar-refractivity contribution in [1.29, 1.82) is 0 Å². The number of benzene rings is 1. The molecule has 0 radical (unpaired) electrons. The molecule has 1 aromatic rings. The van der Waals surface area contributed by atoms with E-state index in [4.69, 9.17) is 5.11 Å². The molecule has 2 unspecified atom stereocenters. The van der Waals surface area contributed by atoms with Gasteiger partial charge < -0.3 is 10.4 Å². The molecule has 0 fully saturated rings. The predicted molar refractivity (Wildman–Crippen MR) is 76.8 cm³/mol. The topological polar surface area (TPSA) is 49.3 Å². The summed E-state index contributed by atoms with van der Waals surface area (Å²) in [5, 5.41) is 11.8. The Labute approximate surface area is 117 Å². The maximum Gasteiger partial charge on any atom is 0.251 e. The number of aliphatic hydroxyl groups excluding tert-OH is 1. The monoisotopic (exact) mass is 285 g/mol. The lowest BCUT2D eigenvalue weighted by molar-refractivity contribution is 0.0916. The van der Waals surface area contributed by atoms with Crippen molar-refractivity contribution in [2.75, 3.05) is 12.9 Å². The van der Waals surface area contributed by atoms with Gasteiger partial charge >= 0.3 is 0 Å². The smallest absolute Gasteiger partial charge is 0.251 e.